The second-order valence-electron chi connectivity index (χ2n) is 8.16. The van der Waals surface area contributed by atoms with Crippen LogP contribution in [-0.4, -0.2) is 11.1 Å². The van der Waals surface area contributed by atoms with Crippen LogP contribution in [0.1, 0.15) is 70.1 Å². The van der Waals surface area contributed by atoms with Crippen LogP contribution in [0.25, 0.3) is 0 Å². The number of carbonyl (C=O) groups is 1. The Kier molecular flexibility index (Phi) is 7.30. The Morgan fingerprint density at radius 1 is 0.966 bits per heavy atom. The Morgan fingerprint density at radius 3 is 1.97 bits per heavy atom. The summed E-state index contributed by atoms with van der Waals surface area (Å²) in [5.74, 6) is -0.805. The number of hydrogen-bond acceptors (Lipinski definition) is 3. The molecule has 0 aliphatic rings. The monoisotopic (exact) mass is 422 g/mol. The first-order valence-corrected chi connectivity index (χ1v) is 10.3. The second kappa shape index (κ2) is 9.13. The molecule has 3 N–H and O–H groups in total. The van der Waals surface area contributed by atoms with E-state index in [1.807, 2.05) is 27.7 Å². The van der Waals surface area contributed by atoms with Crippen LogP contribution in [-0.2, 0) is 5.60 Å². The summed E-state index contributed by atoms with van der Waals surface area (Å²) in [6, 6.07) is 6.51. The van der Waals surface area contributed by atoms with E-state index < -0.39 is 17.4 Å². The molecule has 0 unspecified atom stereocenters. The van der Waals surface area contributed by atoms with Crippen LogP contribution < -0.4 is 10.0 Å². The van der Waals surface area contributed by atoms with Gasteiger partial charge in [0.2, 0.25) is 0 Å². The minimum Gasteiger partial charge on any atom is -0.386 e. The molecule has 2 rings (SSSR count). The number of amides is 2. The molecule has 0 aliphatic heterocycles. The van der Waals surface area contributed by atoms with Gasteiger partial charge in [-0.15, -0.1) is 0 Å². The zero-order valence-electron chi connectivity index (χ0n) is 17.6. The third kappa shape index (κ3) is 6.18. The van der Waals surface area contributed by atoms with Crippen LogP contribution >= 0.6 is 11.9 Å². The minimum absolute atomic E-state index is 0.0173. The van der Waals surface area contributed by atoms with Gasteiger partial charge in [0.05, 0.1) is 5.60 Å². The number of aliphatic hydroxyl groups is 1. The SMILES string of the molecule is CC(C)c1cc(F)cc(C(C)C)c1NC(=O)NSc1cc(F)cc(C(C)(C)O)c1. The maximum atomic E-state index is 14.0. The molecule has 2 aromatic carbocycles. The van der Waals surface area contributed by atoms with Crippen molar-refractivity contribution in [3.05, 3.63) is 58.7 Å². The molecule has 29 heavy (non-hydrogen) atoms. The van der Waals surface area contributed by atoms with Crippen molar-refractivity contribution < 1.29 is 18.7 Å². The topological polar surface area (TPSA) is 61.4 Å². The number of benzene rings is 2. The molecule has 0 bridgehead atoms. The Balaban J connectivity index is 2.21. The fourth-order valence-corrected chi connectivity index (χ4v) is 3.54. The molecule has 0 fully saturated rings. The van der Waals surface area contributed by atoms with E-state index in [2.05, 4.69) is 10.0 Å². The zero-order valence-corrected chi connectivity index (χ0v) is 18.4. The number of urea groups is 1. The first kappa shape index (κ1) is 23.2. The molecule has 0 atom stereocenters. The Hall–Kier alpha value is -2.12. The highest BCUT2D eigenvalue weighted by atomic mass is 32.2. The maximum absolute atomic E-state index is 14.0. The number of nitrogens with one attached hydrogen (secondary N) is 2. The summed E-state index contributed by atoms with van der Waals surface area (Å²) in [5, 5.41) is 12.9. The molecule has 7 heteroatoms. The Bertz CT molecular complexity index is 864. The van der Waals surface area contributed by atoms with Crippen molar-refractivity contribution >= 4 is 23.7 Å². The lowest BCUT2D eigenvalue weighted by molar-refractivity contribution is 0.0780. The van der Waals surface area contributed by atoms with Gasteiger partial charge in [-0.25, -0.2) is 13.6 Å². The number of hydrogen-bond donors (Lipinski definition) is 3. The number of anilines is 1. The average molecular weight is 423 g/mol. The molecule has 0 spiro atoms. The normalized spacial score (nSPS) is 11.8. The van der Waals surface area contributed by atoms with E-state index in [1.165, 1.54) is 24.3 Å². The van der Waals surface area contributed by atoms with E-state index in [1.54, 1.807) is 19.9 Å². The summed E-state index contributed by atoms with van der Waals surface area (Å²) >= 11 is 0.937. The van der Waals surface area contributed by atoms with Crippen molar-refractivity contribution in [1.82, 2.24) is 4.72 Å². The molecule has 0 aliphatic carbocycles. The van der Waals surface area contributed by atoms with Crippen molar-refractivity contribution in [2.24, 2.45) is 0 Å². The molecule has 0 saturated heterocycles. The first-order chi connectivity index (χ1) is 13.4. The van der Waals surface area contributed by atoms with Crippen molar-refractivity contribution in [1.29, 1.82) is 0 Å². The second-order valence-corrected chi connectivity index (χ2v) is 9.04. The molecule has 0 heterocycles. The van der Waals surface area contributed by atoms with Crippen molar-refractivity contribution in [3.63, 3.8) is 0 Å². The van der Waals surface area contributed by atoms with Crippen LogP contribution in [0.3, 0.4) is 0 Å². The Morgan fingerprint density at radius 2 is 1.48 bits per heavy atom. The molecule has 0 aromatic heterocycles. The largest absolute Gasteiger partial charge is 0.386 e. The maximum Gasteiger partial charge on any atom is 0.329 e. The lowest BCUT2D eigenvalue weighted by Gasteiger charge is -2.21. The van der Waals surface area contributed by atoms with Gasteiger partial charge in [0, 0.05) is 10.6 Å². The fourth-order valence-electron chi connectivity index (χ4n) is 2.92. The number of rotatable bonds is 6. The number of halogens is 2. The fraction of sp³-hybridized carbons (Fsp3) is 0.409. The predicted molar refractivity (Wildman–Crippen MR) is 114 cm³/mol. The van der Waals surface area contributed by atoms with Gasteiger partial charge in [-0.3, -0.25) is 4.72 Å². The molecular formula is C22H28F2N2O2S. The quantitative estimate of drug-likeness (QED) is 0.481. The van der Waals surface area contributed by atoms with E-state index in [0.717, 1.165) is 11.9 Å². The van der Waals surface area contributed by atoms with E-state index in [9.17, 15) is 18.7 Å². The standard InChI is InChI=1S/C22H28F2N2O2S/c1-12(2)18-10-16(24)11-19(13(3)4)20(18)25-21(27)26-29-17-8-14(22(5,6)28)7-15(23)9-17/h7-13,28H,1-6H3,(H2,25,26,27). The zero-order chi connectivity index (χ0) is 21.9. The van der Waals surface area contributed by atoms with Gasteiger partial charge in [0.1, 0.15) is 11.6 Å². The smallest absolute Gasteiger partial charge is 0.329 e. The predicted octanol–water partition coefficient (Wildman–Crippen LogP) is 6.27. The van der Waals surface area contributed by atoms with Crippen LogP contribution in [0.4, 0.5) is 19.3 Å². The van der Waals surface area contributed by atoms with Gasteiger partial charge in [-0.05, 0) is 84.7 Å². The molecule has 2 aromatic rings. The van der Waals surface area contributed by atoms with Crippen LogP contribution in [0.5, 0.6) is 0 Å². The molecule has 0 saturated carbocycles. The van der Waals surface area contributed by atoms with Crippen LogP contribution in [0, 0.1) is 11.6 Å². The highest BCUT2D eigenvalue weighted by Gasteiger charge is 2.20. The lowest BCUT2D eigenvalue weighted by Crippen LogP contribution is -2.25. The summed E-state index contributed by atoms with van der Waals surface area (Å²) in [4.78, 5) is 13.0. The molecule has 158 valence electrons. The highest BCUT2D eigenvalue weighted by molar-refractivity contribution is 7.98. The Labute approximate surface area is 175 Å². The van der Waals surface area contributed by atoms with Gasteiger partial charge in [0.25, 0.3) is 0 Å². The molecular weight excluding hydrogens is 394 g/mol. The summed E-state index contributed by atoms with van der Waals surface area (Å²) in [5.41, 5.74) is 1.22. The van der Waals surface area contributed by atoms with Crippen LogP contribution in [0.15, 0.2) is 35.2 Å². The van der Waals surface area contributed by atoms with E-state index in [-0.39, 0.29) is 17.7 Å². The summed E-state index contributed by atoms with van der Waals surface area (Å²) in [6.45, 7) is 10.9. The lowest BCUT2D eigenvalue weighted by atomic mass is 9.92. The van der Waals surface area contributed by atoms with Gasteiger partial charge in [-0.2, -0.15) is 0 Å². The van der Waals surface area contributed by atoms with Crippen molar-refractivity contribution in [3.8, 4) is 0 Å². The molecule has 0 radical (unpaired) electrons. The van der Waals surface area contributed by atoms with Gasteiger partial charge in [0.15, 0.2) is 0 Å². The van der Waals surface area contributed by atoms with Gasteiger partial charge < -0.3 is 10.4 Å². The first-order valence-electron chi connectivity index (χ1n) is 9.49. The highest BCUT2D eigenvalue weighted by Crippen LogP contribution is 2.34. The summed E-state index contributed by atoms with van der Waals surface area (Å²) in [6.07, 6.45) is 0. The van der Waals surface area contributed by atoms with Crippen molar-refractivity contribution in [2.75, 3.05) is 5.32 Å². The minimum atomic E-state index is -1.20. The van der Waals surface area contributed by atoms with E-state index >= 15 is 0 Å². The average Bonchev–Trinajstić information content (AvgIpc) is 2.59. The summed E-state index contributed by atoms with van der Waals surface area (Å²) in [7, 11) is 0. The van der Waals surface area contributed by atoms with Gasteiger partial charge in [-0.1, -0.05) is 27.7 Å². The van der Waals surface area contributed by atoms with Crippen LogP contribution in [0.2, 0.25) is 0 Å². The van der Waals surface area contributed by atoms with E-state index in [4.69, 9.17) is 0 Å². The molecule has 2 amide bonds. The molecule has 4 nitrogen and oxygen atoms in total. The van der Waals surface area contributed by atoms with E-state index in [0.29, 0.717) is 27.3 Å². The third-order valence-electron chi connectivity index (χ3n) is 4.49. The summed E-state index contributed by atoms with van der Waals surface area (Å²) < 4.78 is 30.5. The van der Waals surface area contributed by atoms with Crippen molar-refractivity contribution in [2.45, 2.75) is 63.9 Å². The van der Waals surface area contributed by atoms with Gasteiger partial charge >= 0.3 is 6.03 Å². The number of carbonyl (C=O) groups excluding carboxylic acids is 1. The third-order valence-corrected chi connectivity index (χ3v) is 5.24.